The first kappa shape index (κ1) is 19.1. The lowest BCUT2D eigenvalue weighted by atomic mass is 9.96. The van der Waals surface area contributed by atoms with E-state index in [9.17, 15) is 9.59 Å². The average molecular weight is 365 g/mol. The van der Waals surface area contributed by atoms with E-state index in [-0.39, 0.29) is 17.7 Å². The van der Waals surface area contributed by atoms with Gasteiger partial charge in [0.15, 0.2) is 0 Å². The van der Waals surface area contributed by atoms with Gasteiger partial charge >= 0.3 is 0 Å². The van der Waals surface area contributed by atoms with Crippen LogP contribution in [0.5, 0.6) is 0 Å². The van der Waals surface area contributed by atoms with Gasteiger partial charge in [-0.15, -0.1) is 0 Å². The number of benzene rings is 2. The quantitative estimate of drug-likeness (QED) is 0.793. The van der Waals surface area contributed by atoms with E-state index in [4.69, 9.17) is 0 Å². The van der Waals surface area contributed by atoms with Gasteiger partial charge in [-0.25, -0.2) is 0 Å². The van der Waals surface area contributed by atoms with Crippen LogP contribution in [0.1, 0.15) is 18.4 Å². The Hall–Kier alpha value is -2.66. The van der Waals surface area contributed by atoms with Gasteiger partial charge in [0.05, 0.1) is 6.54 Å². The maximum Gasteiger partial charge on any atom is 0.234 e. The first-order chi connectivity index (χ1) is 13.2. The zero-order valence-corrected chi connectivity index (χ0v) is 15.6. The van der Waals surface area contributed by atoms with E-state index in [0.29, 0.717) is 13.1 Å². The zero-order valence-electron chi connectivity index (χ0n) is 15.6. The highest BCUT2D eigenvalue weighted by Gasteiger charge is 2.25. The summed E-state index contributed by atoms with van der Waals surface area (Å²) in [7, 11) is 0. The van der Waals surface area contributed by atoms with Crippen molar-refractivity contribution >= 4 is 17.5 Å². The Bertz CT molecular complexity index is 726. The van der Waals surface area contributed by atoms with E-state index in [1.54, 1.807) is 0 Å². The first-order valence-corrected chi connectivity index (χ1v) is 9.59. The molecule has 2 aromatic rings. The Balaban J connectivity index is 1.34. The molecule has 1 aliphatic rings. The number of para-hydroxylation sites is 1. The van der Waals surface area contributed by atoms with Crippen LogP contribution in [0.3, 0.4) is 0 Å². The number of likely N-dealkylation sites (tertiary alicyclic amines) is 1. The van der Waals surface area contributed by atoms with Gasteiger partial charge in [-0.2, -0.15) is 0 Å². The van der Waals surface area contributed by atoms with Crippen LogP contribution in [0, 0.1) is 5.92 Å². The highest BCUT2D eigenvalue weighted by atomic mass is 16.2. The fourth-order valence-corrected chi connectivity index (χ4v) is 3.37. The second-order valence-corrected chi connectivity index (χ2v) is 6.99. The maximum atomic E-state index is 12.4. The van der Waals surface area contributed by atoms with Crippen molar-refractivity contribution in [2.24, 2.45) is 5.92 Å². The largest absolute Gasteiger partial charge is 0.355 e. The molecule has 3 rings (SSSR count). The smallest absolute Gasteiger partial charge is 0.234 e. The van der Waals surface area contributed by atoms with Crippen LogP contribution in [0.25, 0.3) is 0 Å². The number of hydrogen-bond acceptors (Lipinski definition) is 3. The molecule has 1 heterocycles. The van der Waals surface area contributed by atoms with E-state index in [2.05, 4.69) is 27.7 Å². The summed E-state index contributed by atoms with van der Waals surface area (Å²) in [5.41, 5.74) is 2.06. The minimum atomic E-state index is 0.0163. The summed E-state index contributed by atoms with van der Waals surface area (Å²) >= 11 is 0. The summed E-state index contributed by atoms with van der Waals surface area (Å²) in [4.78, 5) is 26.6. The Morgan fingerprint density at radius 2 is 1.56 bits per heavy atom. The lowest BCUT2D eigenvalue weighted by molar-refractivity contribution is -0.123. The molecule has 0 atom stereocenters. The number of carbonyl (C=O) groups excluding carboxylic acids is 2. The number of carbonyl (C=O) groups is 2. The minimum absolute atomic E-state index is 0.0163. The topological polar surface area (TPSA) is 61.4 Å². The normalized spacial score (nSPS) is 15.3. The van der Waals surface area contributed by atoms with Gasteiger partial charge in [-0.05, 0) is 50.0 Å². The molecule has 1 fully saturated rings. The average Bonchev–Trinajstić information content (AvgIpc) is 2.70. The molecule has 1 aliphatic heterocycles. The molecule has 0 aliphatic carbocycles. The maximum absolute atomic E-state index is 12.4. The monoisotopic (exact) mass is 365 g/mol. The molecule has 1 saturated heterocycles. The minimum Gasteiger partial charge on any atom is -0.355 e. The highest BCUT2D eigenvalue weighted by molar-refractivity contribution is 5.92. The van der Waals surface area contributed by atoms with Crippen LogP contribution in [0.4, 0.5) is 5.69 Å². The summed E-state index contributed by atoms with van der Waals surface area (Å²) in [6.07, 6.45) is 2.42. The number of nitrogens with one attached hydrogen (secondary N) is 2. The Kier molecular flexibility index (Phi) is 6.99. The van der Waals surface area contributed by atoms with Crippen LogP contribution < -0.4 is 10.6 Å². The van der Waals surface area contributed by atoms with E-state index in [1.807, 2.05) is 48.5 Å². The molecule has 142 valence electrons. The fourth-order valence-electron chi connectivity index (χ4n) is 3.37. The summed E-state index contributed by atoms with van der Waals surface area (Å²) in [5.74, 6) is 0.147. The van der Waals surface area contributed by atoms with Crippen LogP contribution >= 0.6 is 0 Å². The van der Waals surface area contributed by atoms with E-state index < -0.39 is 0 Å². The van der Waals surface area contributed by atoms with Gasteiger partial charge in [0.25, 0.3) is 0 Å². The zero-order chi connectivity index (χ0) is 18.9. The fraction of sp³-hybridized carbons (Fsp3) is 0.364. The van der Waals surface area contributed by atoms with Crippen LogP contribution in [0.2, 0.25) is 0 Å². The first-order valence-electron chi connectivity index (χ1n) is 9.59. The molecular weight excluding hydrogens is 338 g/mol. The standard InChI is InChI=1S/C22H27N3O2/c26-21(23-14-11-18-7-3-1-4-8-18)17-25-15-12-19(13-16-25)22(27)24-20-9-5-2-6-10-20/h1-10,19H,11-17H2,(H,23,26)(H,24,27). The van der Waals surface area contributed by atoms with Crippen LogP contribution in [-0.4, -0.2) is 42.9 Å². The summed E-state index contributed by atoms with van der Waals surface area (Å²) in [6.45, 7) is 2.61. The summed E-state index contributed by atoms with van der Waals surface area (Å²) in [5, 5.41) is 5.96. The van der Waals surface area contributed by atoms with Crippen molar-refractivity contribution < 1.29 is 9.59 Å². The molecule has 0 spiro atoms. The molecule has 2 amide bonds. The lowest BCUT2D eigenvalue weighted by Gasteiger charge is -2.30. The second-order valence-electron chi connectivity index (χ2n) is 6.99. The van der Waals surface area contributed by atoms with E-state index in [0.717, 1.165) is 38.0 Å². The number of nitrogens with zero attached hydrogens (tertiary/aromatic N) is 1. The van der Waals surface area contributed by atoms with Gasteiger partial charge in [0.1, 0.15) is 0 Å². The molecule has 0 aromatic heterocycles. The predicted octanol–water partition coefficient (Wildman–Crippen LogP) is 2.70. The van der Waals surface area contributed by atoms with Crippen molar-refractivity contribution in [3.05, 3.63) is 66.2 Å². The van der Waals surface area contributed by atoms with Crippen LogP contribution in [0.15, 0.2) is 60.7 Å². The third-order valence-corrected chi connectivity index (χ3v) is 4.95. The molecule has 0 unspecified atom stereocenters. The third-order valence-electron chi connectivity index (χ3n) is 4.95. The number of hydrogen-bond donors (Lipinski definition) is 2. The number of piperidine rings is 1. The Morgan fingerprint density at radius 1 is 0.926 bits per heavy atom. The number of rotatable bonds is 7. The summed E-state index contributed by atoms with van der Waals surface area (Å²) in [6, 6.07) is 19.7. The molecule has 5 nitrogen and oxygen atoms in total. The molecule has 5 heteroatoms. The molecule has 27 heavy (non-hydrogen) atoms. The van der Waals surface area contributed by atoms with Gasteiger partial charge in [0.2, 0.25) is 11.8 Å². The molecule has 0 saturated carbocycles. The van der Waals surface area contributed by atoms with Gasteiger partial charge in [-0.3, -0.25) is 14.5 Å². The van der Waals surface area contributed by atoms with Crippen molar-refractivity contribution in [3.8, 4) is 0 Å². The summed E-state index contributed by atoms with van der Waals surface area (Å²) < 4.78 is 0. The van der Waals surface area contributed by atoms with Gasteiger partial charge in [-0.1, -0.05) is 48.5 Å². The van der Waals surface area contributed by atoms with Gasteiger partial charge in [0, 0.05) is 18.2 Å². The van der Waals surface area contributed by atoms with Crippen molar-refractivity contribution in [1.29, 1.82) is 0 Å². The second kappa shape index (κ2) is 9.88. The van der Waals surface area contributed by atoms with Crippen molar-refractivity contribution in [3.63, 3.8) is 0 Å². The van der Waals surface area contributed by atoms with Gasteiger partial charge < -0.3 is 10.6 Å². The van der Waals surface area contributed by atoms with Crippen molar-refractivity contribution in [2.75, 3.05) is 31.5 Å². The van der Waals surface area contributed by atoms with Crippen molar-refractivity contribution in [2.45, 2.75) is 19.3 Å². The molecule has 0 radical (unpaired) electrons. The van der Waals surface area contributed by atoms with Crippen LogP contribution in [-0.2, 0) is 16.0 Å². The van der Waals surface area contributed by atoms with E-state index >= 15 is 0 Å². The van der Waals surface area contributed by atoms with E-state index in [1.165, 1.54) is 5.56 Å². The highest BCUT2D eigenvalue weighted by Crippen LogP contribution is 2.19. The lowest BCUT2D eigenvalue weighted by Crippen LogP contribution is -2.43. The number of amides is 2. The molecule has 2 aromatic carbocycles. The molecular formula is C22H27N3O2. The molecule has 0 bridgehead atoms. The Labute approximate surface area is 160 Å². The third kappa shape index (κ3) is 6.22. The van der Waals surface area contributed by atoms with Crippen molar-refractivity contribution in [1.82, 2.24) is 10.2 Å². The predicted molar refractivity (Wildman–Crippen MR) is 107 cm³/mol. The Morgan fingerprint density at radius 3 is 2.22 bits per heavy atom. The SMILES string of the molecule is O=C(CN1CCC(C(=O)Nc2ccccc2)CC1)NCCc1ccccc1. The molecule has 2 N–H and O–H groups in total. The number of anilines is 1.